The van der Waals surface area contributed by atoms with Gasteiger partial charge >= 0.3 is 0 Å². The van der Waals surface area contributed by atoms with Crippen LogP contribution in [0.1, 0.15) is 19.4 Å². The smallest absolute Gasteiger partial charge is 0.239 e. The molecule has 25 heavy (non-hydrogen) atoms. The normalized spacial score (nSPS) is 18.1. The van der Waals surface area contributed by atoms with Gasteiger partial charge in [0.05, 0.1) is 25.7 Å². The van der Waals surface area contributed by atoms with Crippen molar-refractivity contribution < 1.29 is 14.3 Å². The lowest BCUT2D eigenvalue weighted by atomic mass is 10.1. The fourth-order valence-corrected chi connectivity index (χ4v) is 2.90. The lowest BCUT2D eigenvalue weighted by Crippen LogP contribution is -2.49. The highest BCUT2D eigenvalue weighted by atomic mass is 16.5. The molecule has 6 nitrogen and oxygen atoms in total. The van der Waals surface area contributed by atoms with E-state index in [9.17, 15) is 9.59 Å². The SMILES string of the molecule is CC(C)CN1CCOC(CNC(=O)CNC(=O)Cc2ccccc2)C1. The van der Waals surface area contributed by atoms with Gasteiger partial charge in [-0.1, -0.05) is 44.2 Å². The van der Waals surface area contributed by atoms with Crippen molar-refractivity contribution in [2.75, 3.05) is 39.3 Å². The van der Waals surface area contributed by atoms with Crippen LogP contribution in [0.15, 0.2) is 30.3 Å². The molecule has 0 aromatic heterocycles. The molecular weight excluding hydrogens is 318 g/mol. The number of nitrogens with zero attached hydrogens (tertiary/aromatic N) is 1. The van der Waals surface area contributed by atoms with E-state index in [0.717, 1.165) is 25.2 Å². The largest absolute Gasteiger partial charge is 0.374 e. The number of amides is 2. The highest BCUT2D eigenvalue weighted by Crippen LogP contribution is 2.07. The van der Waals surface area contributed by atoms with E-state index in [-0.39, 0.29) is 30.9 Å². The predicted octanol–water partition coefficient (Wildman–Crippen LogP) is 0.818. The number of hydrogen-bond acceptors (Lipinski definition) is 4. The highest BCUT2D eigenvalue weighted by molar-refractivity contribution is 5.85. The van der Waals surface area contributed by atoms with Crippen LogP contribution in [-0.4, -0.2) is 62.1 Å². The molecule has 138 valence electrons. The average molecular weight is 347 g/mol. The average Bonchev–Trinajstić information content (AvgIpc) is 2.59. The van der Waals surface area contributed by atoms with Gasteiger partial charge in [-0.15, -0.1) is 0 Å². The summed E-state index contributed by atoms with van der Waals surface area (Å²) in [4.78, 5) is 26.1. The van der Waals surface area contributed by atoms with E-state index < -0.39 is 0 Å². The zero-order valence-corrected chi connectivity index (χ0v) is 15.2. The zero-order chi connectivity index (χ0) is 18.1. The van der Waals surface area contributed by atoms with Crippen molar-refractivity contribution in [3.8, 4) is 0 Å². The summed E-state index contributed by atoms with van der Waals surface area (Å²) in [5.41, 5.74) is 0.932. The Bertz CT molecular complexity index is 548. The molecule has 1 atom stereocenters. The summed E-state index contributed by atoms with van der Waals surface area (Å²) in [5, 5.41) is 5.49. The molecule has 1 unspecified atom stereocenters. The van der Waals surface area contributed by atoms with Gasteiger partial charge in [0.2, 0.25) is 11.8 Å². The molecule has 1 aliphatic rings. The van der Waals surface area contributed by atoms with E-state index >= 15 is 0 Å². The Kier molecular flexibility index (Phi) is 7.88. The van der Waals surface area contributed by atoms with Gasteiger partial charge in [0.25, 0.3) is 0 Å². The molecule has 0 saturated carbocycles. The second-order valence-electron chi connectivity index (χ2n) is 6.89. The molecule has 0 radical (unpaired) electrons. The Morgan fingerprint density at radius 3 is 2.68 bits per heavy atom. The number of nitrogens with one attached hydrogen (secondary N) is 2. The number of carbonyl (C=O) groups excluding carboxylic acids is 2. The van der Waals surface area contributed by atoms with Crippen LogP contribution >= 0.6 is 0 Å². The maximum atomic E-state index is 11.9. The molecular formula is C19H29N3O3. The first-order chi connectivity index (χ1) is 12.0. The third-order valence-corrected chi connectivity index (χ3v) is 4.03. The second kappa shape index (κ2) is 10.2. The minimum atomic E-state index is -0.189. The van der Waals surface area contributed by atoms with Crippen molar-refractivity contribution >= 4 is 11.8 Å². The summed E-state index contributed by atoms with van der Waals surface area (Å²) in [6.07, 6.45) is 0.292. The Hall–Kier alpha value is -1.92. The molecule has 1 heterocycles. The molecule has 1 aromatic carbocycles. The van der Waals surface area contributed by atoms with Gasteiger partial charge in [0.15, 0.2) is 0 Å². The Labute approximate surface area is 149 Å². The van der Waals surface area contributed by atoms with E-state index in [0.29, 0.717) is 19.1 Å². The summed E-state index contributed by atoms with van der Waals surface area (Å²) >= 11 is 0. The Balaban J connectivity index is 1.62. The molecule has 2 rings (SSSR count). The molecule has 1 saturated heterocycles. The van der Waals surface area contributed by atoms with Crippen molar-refractivity contribution in [1.82, 2.24) is 15.5 Å². The first-order valence-electron chi connectivity index (χ1n) is 8.94. The lowest BCUT2D eigenvalue weighted by Gasteiger charge is -2.33. The first-order valence-corrected chi connectivity index (χ1v) is 8.94. The lowest BCUT2D eigenvalue weighted by molar-refractivity contribution is -0.126. The minimum Gasteiger partial charge on any atom is -0.374 e. The molecule has 1 aliphatic heterocycles. The fourth-order valence-electron chi connectivity index (χ4n) is 2.90. The van der Waals surface area contributed by atoms with Crippen molar-refractivity contribution in [3.05, 3.63) is 35.9 Å². The van der Waals surface area contributed by atoms with E-state index in [1.807, 2.05) is 30.3 Å². The summed E-state index contributed by atoms with van der Waals surface area (Å²) in [5.74, 6) is 0.275. The van der Waals surface area contributed by atoms with Gasteiger partial charge < -0.3 is 15.4 Å². The summed E-state index contributed by atoms with van der Waals surface area (Å²) in [6.45, 7) is 8.38. The second-order valence-corrected chi connectivity index (χ2v) is 6.89. The Morgan fingerprint density at radius 2 is 1.96 bits per heavy atom. The number of ether oxygens (including phenoxy) is 1. The van der Waals surface area contributed by atoms with Gasteiger partial charge in [-0.2, -0.15) is 0 Å². The molecule has 6 heteroatoms. The standard InChI is InChI=1S/C19H29N3O3/c1-15(2)13-22-8-9-25-17(14-22)11-20-19(24)12-21-18(23)10-16-6-4-3-5-7-16/h3-7,15,17H,8-14H2,1-2H3,(H,20,24)(H,21,23). The molecule has 2 N–H and O–H groups in total. The topological polar surface area (TPSA) is 70.7 Å². The summed E-state index contributed by atoms with van der Waals surface area (Å²) in [6, 6.07) is 9.47. The number of benzene rings is 1. The van der Waals surface area contributed by atoms with Crippen molar-refractivity contribution in [2.24, 2.45) is 5.92 Å². The zero-order valence-electron chi connectivity index (χ0n) is 15.2. The van der Waals surface area contributed by atoms with Crippen LogP contribution in [0.2, 0.25) is 0 Å². The molecule has 1 fully saturated rings. The third-order valence-electron chi connectivity index (χ3n) is 4.03. The summed E-state index contributed by atoms with van der Waals surface area (Å²) in [7, 11) is 0. The number of hydrogen-bond donors (Lipinski definition) is 2. The summed E-state index contributed by atoms with van der Waals surface area (Å²) < 4.78 is 5.70. The van der Waals surface area contributed by atoms with Crippen LogP contribution in [0, 0.1) is 5.92 Å². The maximum absolute atomic E-state index is 11.9. The van der Waals surface area contributed by atoms with Gasteiger partial charge in [-0.3, -0.25) is 14.5 Å². The van der Waals surface area contributed by atoms with Crippen molar-refractivity contribution in [1.29, 1.82) is 0 Å². The predicted molar refractivity (Wildman–Crippen MR) is 97.2 cm³/mol. The maximum Gasteiger partial charge on any atom is 0.239 e. The minimum absolute atomic E-state index is 0.00586. The van der Waals surface area contributed by atoms with E-state index in [2.05, 4.69) is 29.4 Å². The van der Waals surface area contributed by atoms with Crippen LogP contribution in [-0.2, 0) is 20.7 Å². The van der Waals surface area contributed by atoms with E-state index in [1.165, 1.54) is 0 Å². The Morgan fingerprint density at radius 1 is 1.20 bits per heavy atom. The van der Waals surface area contributed by atoms with E-state index in [1.54, 1.807) is 0 Å². The highest BCUT2D eigenvalue weighted by Gasteiger charge is 2.21. The number of rotatable bonds is 8. The van der Waals surface area contributed by atoms with E-state index in [4.69, 9.17) is 4.74 Å². The molecule has 1 aromatic rings. The van der Waals surface area contributed by atoms with Gasteiger partial charge in [0, 0.05) is 26.2 Å². The van der Waals surface area contributed by atoms with Crippen LogP contribution < -0.4 is 10.6 Å². The fraction of sp³-hybridized carbons (Fsp3) is 0.579. The van der Waals surface area contributed by atoms with Crippen molar-refractivity contribution in [3.63, 3.8) is 0 Å². The third kappa shape index (κ3) is 7.67. The van der Waals surface area contributed by atoms with Gasteiger partial charge in [-0.05, 0) is 11.5 Å². The van der Waals surface area contributed by atoms with Crippen LogP contribution in [0.4, 0.5) is 0 Å². The van der Waals surface area contributed by atoms with Gasteiger partial charge in [-0.25, -0.2) is 0 Å². The van der Waals surface area contributed by atoms with Crippen LogP contribution in [0.5, 0.6) is 0 Å². The van der Waals surface area contributed by atoms with Crippen molar-refractivity contribution in [2.45, 2.75) is 26.4 Å². The molecule has 0 aliphatic carbocycles. The number of morpholine rings is 1. The first kappa shape index (κ1) is 19.4. The monoisotopic (exact) mass is 347 g/mol. The quantitative estimate of drug-likeness (QED) is 0.730. The van der Waals surface area contributed by atoms with Gasteiger partial charge in [0.1, 0.15) is 0 Å². The number of carbonyl (C=O) groups is 2. The van der Waals surface area contributed by atoms with Crippen LogP contribution in [0.3, 0.4) is 0 Å². The molecule has 2 amide bonds. The molecule has 0 bridgehead atoms. The molecule has 0 spiro atoms. The van der Waals surface area contributed by atoms with Crippen LogP contribution in [0.25, 0.3) is 0 Å².